The summed E-state index contributed by atoms with van der Waals surface area (Å²) in [6.45, 7) is 4.25. The fourth-order valence-corrected chi connectivity index (χ4v) is 2.21. The minimum absolute atomic E-state index is 0.104. The van der Waals surface area contributed by atoms with Gasteiger partial charge in [-0.05, 0) is 20.3 Å². The minimum atomic E-state index is -0.556. The van der Waals surface area contributed by atoms with E-state index in [0.717, 1.165) is 11.3 Å². The molecule has 0 atom stereocenters. The minimum Gasteiger partial charge on any atom is -0.453 e. The van der Waals surface area contributed by atoms with Gasteiger partial charge in [-0.15, -0.1) is 0 Å². The molecule has 0 unspecified atom stereocenters. The number of methoxy groups -OCH3 is 1. The molecule has 2 heterocycles. The third-order valence-corrected chi connectivity index (χ3v) is 3.14. The third kappa shape index (κ3) is 1.33. The van der Waals surface area contributed by atoms with Crippen LogP contribution in [0.4, 0.5) is 4.79 Å². The number of aromatic amines is 2. The Hall–Kier alpha value is -1.72. The van der Waals surface area contributed by atoms with E-state index in [0.29, 0.717) is 13.0 Å². The molecule has 0 saturated carbocycles. The van der Waals surface area contributed by atoms with Gasteiger partial charge in [0.1, 0.15) is 0 Å². The van der Waals surface area contributed by atoms with Crippen LogP contribution in [0.3, 0.4) is 0 Å². The predicted molar refractivity (Wildman–Crippen MR) is 57.3 cm³/mol. The van der Waals surface area contributed by atoms with Gasteiger partial charge in [0.15, 0.2) is 0 Å². The molecular formula is C10H15N3O3. The lowest BCUT2D eigenvalue weighted by atomic mass is 9.89. The number of ether oxygens (including phenoxy) is 1. The van der Waals surface area contributed by atoms with Gasteiger partial charge < -0.3 is 4.74 Å². The van der Waals surface area contributed by atoms with Crippen molar-refractivity contribution in [3.05, 3.63) is 21.6 Å². The molecule has 2 N–H and O–H groups in total. The molecule has 1 aromatic heterocycles. The largest absolute Gasteiger partial charge is 0.453 e. The molecule has 16 heavy (non-hydrogen) atoms. The summed E-state index contributed by atoms with van der Waals surface area (Å²) in [6.07, 6.45) is 0.171. The van der Waals surface area contributed by atoms with E-state index < -0.39 is 5.54 Å². The average molecular weight is 225 g/mol. The van der Waals surface area contributed by atoms with Gasteiger partial charge >= 0.3 is 6.09 Å². The number of rotatable bonds is 0. The zero-order chi connectivity index (χ0) is 11.9. The van der Waals surface area contributed by atoms with E-state index >= 15 is 0 Å². The zero-order valence-corrected chi connectivity index (χ0v) is 9.59. The summed E-state index contributed by atoms with van der Waals surface area (Å²) in [4.78, 5) is 24.7. The molecule has 6 nitrogen and oxygen atoms in total. The number of carbonyl (C=O) groups excluding carboxylic acids is 1. The fourth-order valence-electron chi connectivity index (χ4n) is 2.21. The van der Waals surface area contributed by atoms with Gasteiger partial charge in [-0.25, -0.2) is 4.79 Å². The first-order valence-electron chi connectivity index (χ1n) is 5.14. The van der Waals surface area contributed by atoms with Crippen molar-refractivity contribution in [1.29, 1.82) is 0 Å². The molecule has 6 heteroatoms. The van der Waals surface area contributed by atoms with Gasteiger partial charge in [-0.3, -0.25) is 19.9 Å². The van der Waals surface area contributed by atoms with Crippen molar-refractivity contribution < 1.29 is 9.53 Å². The Morgan fingerprint density at radius 3 is 2.75 bits per heavy atom. The predicted octanol–water partition coefficient (Wildman–Crippen LogP) is 0.563. The van der Waals surface area contributed by atoms with E-state index in [-0.39, 0.29) is 11.7 Å². The first kappa shape index (κ1) is 10.8. The number of carbonyl (C=O) groups is 1. The lowest BCUT2D eigenvalue weighted by Gasteiger charge is -2.40. The van der Waals surface area contributed by atoms with Crippen LogP contribution in [-0.4, -0.2) is 34.8 Å². The van der Waals surface area contributed by atoms with E-state index in [1.165, 1.54) is 7.11 Å². The molecule has 0 spiro atoms. The summed E-state index contributed by atoms with van der Waals surface area (Å²) in [5.74, 6) is 0. The Bertz CT molecular complexity index is 472. The third-order valence-electron chi connectivity index (χ3n) is 3.14. The van der Waals surface area contributed by atoms with E-state index in [1.54, 1.807) is 4.90 Å². The number of fused-ring (bicyclic) bond motifs is 1. The molecule has 0 aliphatic carbocycles. The highest BCUT2D eigenvalue weighted by Gasteiger charge is 2.40. The number of aromatic nitrogens is 2. The van der Waals surface area contributed by atoms with Crippen LogP contribution in [0.1, 0.15) is 25.1 Å². The summed E-state index contributed by atoms with van der Waals surface area (Å²) >= 11 is 0. The van der Waals surface area contributed by atoms with Gasteiger partial charge in [-0.2, -0.15) is 0 Å². The lowest BCUT2D eigenvalue weighted by Crippen LogP contribution is -2.50. The average Bonchev–Trinajstić information content (AvgIpc) is 2.61. The van der Waals surface area contributed by atoms with Crippen LogP contribution in [0.25, 0.3) is 0 Å². The summed E-state index contributed by atoms with van der Waals surface area (Å²) in [7, 11) is 1.35. The van der Waals surface area contributed by atoms with Crippen molar-refractivity contribution in [1.82, 2.24) is 15.1 Å². The van der Waals surface area contributed by atoms with Gasteiger partial charge in [0.05, 0.1) is 18.3 Å². The summed E-state index contributed by atoms with van der Waals surface area (Å²) in [6, 6.07) is 0. The van der Waals surface area contributed by atoms with Crippen LogP contribution in [0.5, 0.6) is 0 Å². The van der Waals surface area contributed by atoms with Gasteiger partial charge in [-0.1, -0.05) is 0 Å². The molecule has 1 amide bonds. The quantitative estimate of drug-likeness (QED) is 0.677. The van der Waals surface area contributed by atoms with Crippen LogP contribution >= 0.6 is 0 Å². The van der Waals surface area contributed by atoms with Crippen LogP contribution in [-0.2, 0) is 16.7 Å². The van der Waals surface area contributed by atoms with Gasteiger partial charge in [0.25, 0.3) is 5.56 Å². The van der Waals surface area contributed by atoms with Crippen molar-refractivity contribution in [3.8, 4) is 0 Å². The number of nitrogens with one attached hydrogen (secondary N) is 2. The van der Waals surface area contributed by atoms with E-state index in [4.69, 9.17) is 4.74 Å². The second-order valence-electron chi connectivity index (χ2n) is 4.36. The lowest BCUT2D eigenvalue weighted by molar-refractivity contribution is 0.0683. The maximum absolute atomic E-state index is 11.6. The Kier molecular flexibility index (Phi) is 2.29. The number of nitrogens with zero attached hydrogens (tertiary/aromatic N) is 1. The monoisotopic (exact) mass is 225 g/mol. The second-order valence-corrected chi connectivity index (χ2v) is 4.36. The summed E-state index contributed by atoms with van der Waals surface area (Å²) in [5, 5.41) is 5.39. The highest BCUT2D eigenvalue weighted by atomic mass is 16.5. The number of hydrogen-bond acceptors (Lipinski definition) is 3. The SMILES string of the molecule is COC(=O)N1CCc2c([nH][nH]c2=O)C1(C)C. The van der Waals surface area contributed by atoms with E-state index in [9.17, 15) is 9.59 Å². The molecule has 0 bridgehead atoms. The van der Waals surface area contributed by atoms with Crippen LogP contribution in [0.2, 0.25) is 0 Å². The molecule has 0 radical (unpaired) electrons. The fraction of sp³-hybridized carbons (Fsp3) is 0.600. The Balaban J connectivity index is 2.47. The maximum Gasteiger partial charge on any atom is 0.410 e. The van der Waals surface area contributed by atoms with Crippen molar-refractivity contribution in [2.24, 2.45) is 0 Å². The summed E-state index contributed by atoms with van der Waals surface area (Å²) in [5.41, 5.74) is 0.826. The van der Waals surface area contributed by atoms with Crippen molar-refractivity contribution in [2.75, 3.05) is 13.7 Å². The van der Waals surface area contributed by atoms with Crippen molar-refractivity contribution >= 4 is 6.09 Å². The number of H-pyrrole nitrogens is 2. The first-order valence-corrected chi connectivity index (χ1v) is 5.14. The first-order chi connectivity index (χ1) is 7.48. The van der Waals surface area contributed by atoms with Crippen LogP contribution in [0, 0.1) is 0 Å². The topological polar surface area (TPSA) is 78.2 Å². The second kappa shape index (κ2) is 3.40. The standard InChI is InChI=1S/C10H15N3O3/c1-10(2)7-6(8(14)12-11-7)4-5-13(10)9(15)16-3/h4-5H2,1-3H3,(H2,11,12,14). The maximum atomic E-state index is 11.6. The Labute approximate surface area is 92.6 Å². The normalized spacial score (nSPS) is 18.1. The highest BCUT2D eigenvalue weighted by Crippen LogP contribution is 2.32. The van der Waals surface area contributed by atoms with Gasteiger partial charge in [0.2, 0.25) is 0 Å². The molecular weight excluding hydrogens is 210 g/mol. The van der Waals surface area contributed by atoms with Crippen molar-refractivity contribution in [2.45, 2.75) is 25.8 Å². The molecule has 1 aliphatic heterocycles. The van der Waals surface area contributed by atoms with Crippen molar-refractivity contribution in [3.63, 3.8) is 0 Å². The zero-order valence-electron chi connectivity index (χ0n) is 9.59. The van der Waals surface area contributed by atoms with Gasteiger partial charge in [0, 0.05) is 12.1 Å². The molecule has 1 aromatic rings. The van der Waals surface area contributed by atoms with E-state index in [1.807, 2.05) is 13.8 Å². The van der Waals surface area contributed by atoms with E-state index in [2.05, 4.69) is 10.2 Å². The molecule has 88 valence electrons. The summed E-state index contributed by atoms with van der Waals surface area (Å²) < 4.78 is 4.73. The smallest absolute Gasteiger partial charge is 0.410 e. The Morgan fingerprint density at radius 2 is 2.12 bits per heavy atom. The molecule has 1 aliphatic rings. The van der Waals surface area contributed by atoms with Crippen LogP contribution in [0.15, 0.2) is 4.79 Å². The van der Waals surface area contributed by atoms with Crippen LogP contribution < -0.4 is 5.56 Å². The molecule has 0 saturated heterocycles. The number of amides is 1. The highest BCUT2D eigenvalue weighted by molar-refractivity contribution is 5.69. The molecule has 0 fully saturated rings. The molecule has 0 aromatic carbocycles. The molecule has 2 rings (SSSR count). The number of hydrogen-bond donors (Lipinski definition) is 2. The Morgan fingerprint density at radius 1 is 1.44 bits per heavy atom.